The molecule has 0 radical (unpaired) electrons. The second-order valence-electron chi connectivity index (χ2n) is 9.87. The van der Waals surface area contributed by atoms with E-state index in [1.807, 2.05) is 36.7 Å². The van der Waals surface area contributed by atoms with E-state index in [0.717, 1.165) is 24.2 Å². The van der Waals surface area contributed by atoms with Crippen molar-refractivity contribution in [2.45, 2.75) is 32.3 Å². The van der Waals surface area contributed by atoms with Gasteiger partial charge in [-0.3, -0.25) is 9.79 Å². The molecule has 2 aromatic heterocycles. The summed E-state index contributed by atoms with van der Waals surface area (Å²) in [5, 5.41) is 9.33. The van der Waals surface area contributed by atoms with Crippen LogP contribution in [0, 0.1) is 24.0 Å². The Kier molecular flexibility index (Phi) is 6.55. The van der Waals surface area contributed by atoms with Gasteiger partial charge in [0.05, 0.1) is 35.3 Å². The fourth-order valence-corrected chi connectivity index (χ4v) is 4.77. The van der Waals surface area contributed by atoms with E-state index in [4.69, 9.17) is 10.5 Å². The van der Waals surface area contributed by atoms with Crippen molar-refractivity contribution >= 4 is 23.5 Å². The third-order valence-corrected chi connectivity index (χ3v) is 7.10. The van der Waals surface area contributed by atoms with Crippen LogP contribution in [0.4, 0.5) is 14.5 Å². The summed E-state index contributed by atoms with van der Waals surface area (Å²) in [7, 11) is 2.02. The van der Waals surface area contributed by atoms with Crippen LogP contribution in [0.3, 0.4) is 0 Å². The molecule has 3 N–H and O–H groups in total. The molecule has 2 fully saturated rings. The number of morpholine rings is 1. The number of carbonyl (C=O) groups is 1. The number of aryl methyl sites for hydroxylation is 1. The molecule has 3 heterocycles. The summed E-state index contributed by atoms with van der Waals surface area (Å²) in [5.74, 6) is -2.58. The van der Waals surface area contributed by atoms with Crippen molar-refractivity contribution in [3.63, 3.8) is 0 Å². The van der Waals surface area contributed by atoms with Crippen molar-refractivity contribution < 1.29 is 23.4 Å². The number of nitrogens with two attached hydrogens (primary N) is 1. The fraction of sp³-hybridized carbons (Fsp3) is 0.370. The summed E-state index contributed by atoms with van der Waals surface area (Å²) < 4.78 is 38.6. The molecule has 194 valence electrons. The summed E-state index contributed by atoms with van der Waals surface area (Å²) in [6.07, 6.45) is 5.72. The number of imidazole rings is 1. The van der Waals surface area contributed by atoms with Gasteiger partial charge >= 0.3 is 5.97 Å². The molecule has 1 aliphatic heterocycles. The number of carboxylic acid groups (broad SMARTS) is 1. The smallest absolute Gasteiger partial charge is 0.315 e. The number of nitrogens with zero attached hydrogens (tertiary/aromatic N) is 4. The molecule has 5 rings (SSSR count). The second-order valence-corrected chi connectivity index (χ2v) is 9.87. The zero-order chi connectivity index (χ0) is 26.3. The van der Waals surface area contributed by atoms with E-state index >= 15 is 8.78 Å². The highest BCUT2D eigenvalue weighted by Gasteiger charge is 2.52. The summed E-state index contributed by atoms with van der Waals surface area (Å²) in [5.41, 5.74) is 7.32. The van der Waals surface area contributed by atoms with Crippen molar-refractivity contribution in [1.82, 2.24) is 14.3 Å². The highest BCUT2D eigenvalue weighted by atomic mass is 19.1. The lowest BCUT2D eigenvalue weighted by atomic mass is 10.0. The Labute approximate surface area is 213 Å². The van der Waals surface area contributed by atoms with Gasteiger partial charge in [0.15, 0.2) is 0 Å². The molecule has 1 saturated heterocycles. The lowest BCUT2D eigenvalue weighted by Crippen LogP contribution is -2.41. The standard InChI is InChI=1S/C27H29F2N5O3/c1-16-4-8-34-21(14-18-15-33(2)9-10-37-18)25(32-23(34)11-16)24-19(28)12-17(13-20(24)29)31-7-3-22(30)27(5-6-27)26(35)36/h3-4,7-8,11-13,18H,5-6,9-10,14-15,30H2,1-2H3,(H,35,36). The number of halogens is 2. The Hall–Kier alpha value is -3.63. The van der Waals surface area contributed by atoms with Crippen molar-refractivity contribution in [1.29, 1.82) is 0 Å². The number of hydrogen-bond acceptors (Lipinski definition) is 6. The minimum Gasteiger partial charge on any atom is -0.481 e. The summed E-state index contributed by atoms with van der Waals surface area (Å²) >= 11 is 0. The van der Waals surface area contributed by atoms with E-state index in [1.54, 1.807) is 0 Å². The lowest BCUT2D eigenvalue weighted by molar-refractivity contribution is -0.141. The van der Waals surface area contributed by atoms with Crippen LogP contribution in [-0.2, 0) is 16.0 Å². The fourth-order valence-electron chi connectivity index (χ4n) is 4.77. The Morgan fingerprint density at radius 3 is 2.70 bits per heavy atom. The van der Waals surface area contributed by atoms with Crippen LogP contribution in [0.15, 0.2) is 47.2 Å². The van der Waals surface area contributed by atoms with Crippen molar-refractivity contribution in [2.24, 2.45) is 16.1 Å². The van der Waals surface area contributed by atoms with Gasteiger partial charge in [0.2, 0.25) is 0 Å². The maximum atomic E-state index is 15.4. The molecule has 0 amide bonds. The van der Waals surface area contributed by atoms with Crippen LogP contribution < -0.4 is 5.73 Å². The van der Waals surface area contributed by atoms with Crippen molar-refractivity contribution in [3.8, 4) is 11.3 Å². The molecule has 2 aliphatic rings. The second kappa shape index (κ2) is 9.68. The molecule has 1 unspecified atom stereocenters. The van der Waals surface area contributed by atoms with Crippen LogP contribution in [0.25, 0.3) is 16.9 Å². The van der Waals surface area contributed by atoms with Crippen molar-refractivity contribution in [3.05, 3.63) is 65.1 Å². The molecule has 37 heavy (non-hydrogen) atoms. The van der Waals surface area contributed by atoms with Gasteiger partial charge in [0, 0.05) is 49.8 Å². The minimum absolute atomic E-state index is 0.0429. The van der Waals surface area contributed by atoms with E-state index in [1.165, 1.54) is 12.3 Å². The quantitative estimate of drug-likeness (QED) is 0.469. The Morgan fingerprint density at radius 1 is 1.32 bits per heavy atom. The average Bonchev–Trinajstić information content (AvgIpc) is 3.58. The maximum absolute atomic E-state index is 15.4. The molecule has 0 spiro atoms. The number of likely N-dealkylation sites (N-methyl/N-ethyl adjacent to an activating group) is 1. The molecule has 0 bridgehead atoms. The molecule has 1 aliphatic carbocycles. The van der Waals surface area contributed by atoms with Gasteiger partial charge in [0.25, 0.3) is 0 Å². The number of aliphatic carboxylic acids is 1. The molecular weight excluding hydrogens is 480 g/mol. The third-order valence-electron chi connectivity index (χ3n) is 7.10. The first-order chi connectivity index (χ1) is 17.7. The minimum atomic E-state index is -1.05. The Bertz CT molecular complexity index is 1400. The van der Waals surface area contributed by atoms with Gasteiger partial charge in [-0.1, -0.05) is 0 Å². The van der Waals surface area contributed by atoms with Gasteiger partial charge in [0.1, 0.15) is 22.7 Å². The number of fused-ring (bicyclic) bond motifs is 1. The highest BCUT2D eigenvalue weighted by Crippen LogP contribution is 2.50. The zero-order valence-corrected chi connectivity index (χ0v) is 20.7. The normalized spacial score (nSPS) is 20.1. The van der Waals surface area contributed by atoms with E-state index in [-0.39, 0.29) is 28.7 Å². The molecule has 1 saturated carbocycles. The molecule has 8 nitrogen and oxygen atoms in total. The molecule has 10 heteroatoms. The summed E-state index contributed by atoms with van der Waals surface area (Å²) in [6, 6.07) is 6.06. The highest BCUT2D eigenvalue weighted by molar-refractivity contribution is 5.85. The summed E-state index contributed by atoms with van der Waals surface area (Å²) in [6.45, 7) is 4.06. The van der Waals surface area contributed by atoms with E-state index in [9.17, 15) is 9.90 Å². The van der Waals surface area contributed by atoms with E-state index in [2.05, 4.69) is 14.9 Å². The summed E-state index contributed by atoms with van der Waals surface area (Å²) in [4.78, 5) is 22.2. The predicted octanol–water partition coefficient (Wildman–Crippen LogP) is 3.87. The SMILES string of the molecule is Cc1ccn2c(CC3CN(C)CCO3)c(-c3c(F)cc(N=CC=C(N)C4(C(=O)O)CC4)cc3F)nc2c1. The zero-order valence-electron chi connectivity index (χ0n) is 20.7. The van der Waals surface area contributed by atoms with E-state index < -0.39 is 23.0 Å². The van der Waals surface area contributed by atoms with Crippen molar-refractivity contribution in [2.75, 3.05) is 26.7 Å². The van der Waals surface area contributed by atoms with Gasteiger partial charge in [-0.2, -0.15) is 0 Å². The first-order valence-electron chi connectivity index (χ1n) is 12.2. The van der Waals surface area contributed by atoms with Gasteiger partial charge in [-0.25, -0.2) is 13.8 Å². The van der Waals surface area contributed by atoms with Crippen LogP contribution in [0.2, 0.25) is 0 Å². The number of pyridine rings is 1. The van der Waals surface area contributed by atoms with Gasteiger partial charge in [-0.15, -0.1) is 0 Å². The number of rotatable bonds is 7. The molecule has 1 atom stereocenters. The number of aromatic nitrogens is 2. The van der Waals surface area contributed by atoms with Gasteiger partial charge < -0.3 is 24.9 Å². The maximum Gasteiger partial charge on any atom is 0.315 e. The first kappa shape index (κ1) is 25.0. The first-order valence-corrected chi connectivity index (χ1v) is 12.2. The largest absolute Gasteiger partial charge is 0.481 e. The number of ether oxygens (including phenoxy) is 1. The van der Waals surface area contributed by atoms with Crippen LogP contribution in [-0.4, -0.2) is 64.4 Å². The molecule has 1 aromatic carbocycles. The number of hydrogen-bond donors (Lipinski definition) is 2. The number of allylic oxidation sites excluding steroid dienone is 1. The predicted molar refractivity (Wildman–Crippen MR) is 136 cm³/mol. The Balaban J connectivity index is 1.49. The number of aliphatic imine (C=N–C) groups is 1. The molecular formula is C27H29F2N5O3. The Morgan fingerprint density at radius 2 is 2.05 bits per heavy atom. The number of carboxylic acids is 1. The van der Waals surface area contributed by atoms with Crippen LogP contribution in [0.5, 0.6) is 0 Å². The topological polar surface area (TPSA) is 105 Å². The lowest BCUT2D eigenvalue weighted by Gasteiger charge is -2.30. The monoisotopic (exact) mass is 509 g/mol. The van der Waals surface area contributed by atoms with Gasteiger partial charge in [-0.05, 0) is 50.6 Å². The van der Waals surface area contributed by atoms with Crippen LogP contribution >= 0.6 is 0 Å². The molecule has 3 aromatic rings. The average molecular weight is 510 g/mol. The number of benzene rings is 1. The third kappa shape index (κ3) is 4.86. The van der Waals surface area contributed by atoms with Crippen LogP contribution in [0.1, 0.15) is 24.1 Å². The van der Waals surface area contributed by atoms with E-state index in [0.29, 0.717) is 43.8 Å².